The molecule has 0 bridgehead atoms. The minimum atomic E-state index is -0.226. The van der Waals surface area contributed by atoms with E-state index in [2.05, 4.69) is 11.9 Å². The van der Waals surface area contributed by atoms with Crippen LogP contribution in [-0.2, 0) is 0 Å². The highest BCUT2D eigenvalue weighted by atomic mass is 16.5. The summed E-state index contributed by atoms with van der Waals surface area (Å²) in [6.45, 7) is 8.55. The van der Waals surface area contributed by atoms with Crippen molar-refractivity contribution in [3.63, 3.8) is 0 Å². The maximum absolute atomic E-state index is 12.5. The first-order valence-electron chi connectivity index (χ1n) is 7.50. The molecule has 120 valence electrons. The van der Waals surface area contributed by atoms with Crippen molar-refractivity contribution in [2.24, 2.45) is 0 Å². The molecule has 0 unspecified atom stereocenters. The Kier molecular flexibility index (Phi) is 5.80. The third-order valence-corrected chi connectivity index (χ3v) is 3.01. The second-order valence-corrected chi connectivity index (χ2v) is 5.16. The van der Waals surface area contributed by atoms with E-state index in [1.165, 1.54) is 0 Å². The molecule has 0 heterocycles. The highest BCUT2D eigenvalue weighted by Crippen LogP contribution is 2.22. The lowest BCUT2D eigenvalue weighted by Gasteiger charge is -2.12. The van der Waals surface area contributed by atoms with E-state index in [0.29, 0.717) is 30.2 Å². The summed E-state index contributed by atoms with van der Waals surface area (Å²) in [5.41, 5.74) is 2.05. The third-order valence-electron chi connectivity index (χ3n) is 3.01. The van der Waals surface area contributed by atoms with Crippen LogP contribution in [0.2, 0.25) is 0 Å². The van der Waals surface area contributed by atoms with Crippen molar-refractivity contribution in [1.29, 1.82) is 0 Å². The van der Waals surface area contributed by atoms with Crippen molar-refractivity contribution in [3.05, 3.63) is 66.2 Å². The number of rotatable bonds is 7. The topological polar surface area (TPSA) is 47.6 Å². The van der Waals surface area contributed by atoms with Gasteiger partial charge in [0.15, 0.2) is 0 Å². The Morgan fingerprint density at radius 2 is 1.91 bits per heavy atom. The van der Waals surface area contributed by atoms with Gasteiger partial charge in [0.25, 0.3) is 5.91 Å². The summed E-state index contributed by atoms with van der Waals surface area (Å²) in [6.07, 6.45) is 0. The predicted octanol–water partition coefficient (Wildman–Crippen LogP) is 4.29. The van der Waals surface area contributed by atoms with Crippen LogP contribution in [0.4, 0.5) is 5.69 Å². The maximum Gasteiger partial charge on any atom is 0.259 e. The molecular formula is C19H21NO3. The molecular weight excluding hydrogens is 290 g/mol. The molecule has 4 nitrogen and oxygen atoms in total. The zero-order chi connectivity index (χ0) is 16.7. The molecule has 0 saturated carbocycles. The number of anilines is 1. The molecule has 0 saturated heterocycles. The average molecular weight is 311 g/mol. The Hall–Kier alpha value is -2.75. The Bertz CT molecular complexity index is 695. The van der Waals surface area contributed by atoms with Crippen molar-refractivity contribution < 1.29 is 14.3 Å². The zero-order valence-corrected chi connectivity index (χ0v) is 13.5. The fourth-order valence-corrected chi connectivity index (χ4v) is 2.01. The summed E-state index contributed by atoms with van der Waals surface area (Å²) < 4.78 is 11.1. The highest BCUT2D eigenvalue weighted by molar-refractivity contribution is 6.06. The summed E-state index contributed by atoms with van der Waals surface area (Å²) >= 11 is 0. The van der Waals surface area contributed by atoms with Crippen LogP contribution >= 0.6 is 0 Å². The molecule has 0 aliphatic rings. The van der Waals surface area contributed by atoms with Gasteiger partial charge in [0, 0.05) is 11.8 Å². The van der Waals surface area contributed by atoms with Gasteiger partial charge in [0.2, 0.25) is 0 Å². The molecule has 0 atom stereocenters. The van der Waals surface area contributed by atoms with Gasteiger partial charge >= 0.3 is 0 Å². The number of amides is 1. The summed E-state index contributed by atoms with van der Waals surface area (Å²) in [5, 5.41) is 2.86. The van der Waals surface area contributed by atoms with Crippen LogP contribution in [0, 0.1) is 0 Å². The van der Waals surface area contributed by atoms with Gasteiger partial charge in [0.1, 0.15) is 18.1 Å². The van der Waals surface area contributed by atoms with E-state index in [9.17, 15) is 4.79 Å². The molecule has 0 fully saturated rings. The number of nitrogens with one attached hydrogen (secondary N) is 1. The quantitative estimate of drug-likeness (QED) is 0.776. The fourth-order valence-electron chi connectivity index (χ4n) is 2.01. The Balaban J connectivity index is 2.14. The third kappa shape index (κ3) is 4.88. The lowest BCUT2D eigenvalue weighted by molar-refractivity contribution is 0.102. The van der Waals surface area contributed by atoms with E-state index in [0.717, 1.165) is 11.3 Å². The number of carbonyl (C=O) groups excluding carboxylic acids is 1. The molecule has 0 radical (unpaired) electrons. The Morgan fingerprint density at radius 1 is 1.13 bits per heavy atom. The normalized spacial score (nSPS) is 10.0. The SMILES string of the molecule is C=C(C)COc1ccccc1C(=O)Nc1cccc(OCC)c1. The number of para-hydroxylation sites is 1. The van der Waals surface area contributed by atoms with Gasteiger partial charge in [-0.3, -0.25) is 4.79 Å². The van der Waals surface area contributed by atoms with Gasteiger partial charge in [-0.05, 0) is 43.7 Å². The Labute approximate surface area is 136 Å². The first-order chi connectivity index (χ1) is 11.1. The molecule has 0 spiro atoms. The number of carbonyl (C=O) groups is 1. The van der Waals surface area contributed by atoms with E-state index in [1.807, 2.05) is 38.1 Å². The van der Waals surface area contributed by atoms with E-state index < -0.39 is 0 Å². The highest BCUT2D eigenvalue weighted by Gasteiger charge is 2.12. The second-order valence-electron chi connectivity index (χ2n) is 5.16. The van der Waals surface area contributed by atoms with Gasteiger partial charge in [-0.15, -0.1) is 0 Å². The first kappa shape index (κ1) is 16.6. The number of ether oxygens (including phenoxy) is 2. The average Bonchev–Trinajstić information content (AvgIpc) is 2.54. The van der Waals surface area contributed by atoms with Crippen LogP contribution in [0.15, 0.2) is 60.7 Å². The minimum absolute atomic E-state index is 0.226. The van der Waals surface area contributed by atoms with Crippen molar-refractivity contribution in [3.8, 4) is 11.5 Å². The number of benzene rings is 2. The number of hydrogen-bond donors (Lipinski definition) is 1. The molecule has 2 aromatic rings. The van der Waals surface area contributed by atoms with Crippen LogP contribution < -0.4 is 14.8 Å². The van der Waals surface area contributed by atoms with Crippen molar-refractivity contribution in [2.45, 2.75) is 13.8 Å². The van der Waals surface area contributed by atoms with Crippen LogP contribution in [0.25, 0.3) is 0 Å². The maximum atomic E-state index is 12.5. The summed E-state index contributed by atoms with van der Waals surface area (Å²) in [5.74, 6) is 1.03. The molecule has 2 rings (SSSR count). The molecule has 2 aromatic carbocycles. The minimum Gasteiger partial charge on any atom is -0.494 e. The fraction of sp³-hybridized carbons (Fsp3) is 0.211. The lowest BCUT2D eigenvalue weighted by Crippen LogP contribution is -2.14. The largest absolute Gasteiger partial charge is 0.494 e. The molecule has 4 heteroatoms. The predicted molar refractivity (Wildman–Crippen MR) is 92.3 cm³/mol. The molecule has 0 aromatic heterocycles. The van der Waals surface area contributed by atoms with E-state index in [1.54, 1.807) is 24.3 Å². The van der Waals surface area contributed by atoms with Crippen LogP contribution in [0.5, 0.6) is 11.5 Å². The summed E-state index contributed by atoms with van der Waals surface area (Å²) in [4.78, 5) is 12.5. The van der Waals surface area contributed by atoms with Crippen LogP contribution in [-0.4, -0.2) is 19.1 Å². The zero-order valence-electron chi connectivity index (χ0n) is 13.5. The van der Waals surface area contributed by atoms with Crippen LogP contribution in [0.1, 0.15) is 24.2 Å². The van der Waals surface area contributed by atoms with E-state index in [-0.39, 0.29) is 5.91 Å². The van der Waals surface area contributed by atoms with E-state index in [4.69, 9.17) is 9.47 Å². The van der Waals surface area contributed by atoms with Gasteiger partial charge in [-0.1, -0.05) is 24.8 Å². The van der Waals surface area contributed by atoms with E-state index >= 15 is 0 Å². The lowest BCUT2D eigenvalue weighted by atomic mass is 10.1. The molecule has 1 N–H and O–H groups in total. The molecule has 1 amide bonds. The van der Waals surface area contributed by atoms with Crippen molar-refractivity contribution in [1.82, 2.24) is 0 Å². The molecule has 0 aliphatic heterocycles. The van der Waals surface area contributed by atoms with Gasteiger partial charge in [0.05, 0.1) is 12.2 Å². The van der Waals surface area contributed by atoms with Crippen molar-refractivity contribution in [2.75, 3.05) is 18.5 Å². The second kappa shape index (κ2) is 8.03. The molecule has 23 heavy (non-hydrogen) atoms. The first-order valence-corrected chi connectivity index (χ1v) is 7.50. The standard InChI is InChI=1S/C19H21NO3/c1-4-22-16-9-7-8-15(12-16)20-19(21)17-10-5-6-11-18(17)23-13-14(2)3/h5-12H,2,4,13H2,1,3H3,(H,20,21). The van der Waals surface area contributed by atoms with Crippen LogP contribution in [0.3, 0.4) is 0 Å². The summed E-state index contributed by atoms with van der Waals surface area (Å²) in [7, 11) is 0. The summed E-state index contributed by atoms with van der Waals surface area (Å²) in [6, 6.07) is 14.4. The van der Waals surface area contributed by atoms with Crippen molar-refractivity contribution >= 4 is 11.6 Å². The van der Waals surface area contributed by atoms with Gasteiger partial charge in [-0.2, -0.15) is 0 Å². The molecule has 0 aliphatic carbocycles. The number of hydrogen-bond acceptors (Lipinski definition) is 3. The Morgan fingerprint density at radius 3 is 2.65 bits per heavy atom. The smallest absolute Gasteiger partial charge is 0.259 e. The van der Waals surface area contributed by atoms with Gasteiger partial charge in [-0.25, -0.2) is 0 Å². The monoisotopic (exact) mass is 311 g/mol. The van der Waals surface area contributed by atoms with Gasteiger partial charge < -0.3 is 14.8 Å².